The summed E-state index contributed by atoms with van der Waals surface area (Å²) < 4.78 is 0. The van der Waals surface area contributed by atoms with Crippen molar-refractivity contribution in [2.45, 2.75) is 38.3 Å². The minimum absolute atomic E-state index is 0.180. The Morgan fingerprint density at radius 2 is 1.79 bits per heavy atom. The van der Waals surface area contributed by atoms with Crippen LogP contribution in [0.25, 0.3) is 0 Å². The van der Waals surface area contributed by atoms with Gasteiger partial charge in [-0.2, -0.15) is 0 Å². The number of aliphatic carboxylic acids is 2. The fourth-order valence-electron chi connectivity index (χ4n) is 1.27. The Kier molecular flexibility index (Phi) is 7.50. The van der Waals surface area contributed by atoms with Crippen molar-refractivity contribution in [1.82, 2.24) is 10.2 Å². The van der Waals surface area contributed by atoms with Gasteiger partial charge in [-0.25, -0.2) is 9.59 Å². The minimum atomic E-state index is -1.28. The molecule has 0 aliphatic rings. The number of carboxylic acids is 2. The summed E-state index contributed by atoms with van der Waals surface area (Å²) >= 11 is 0. The maximum Gasteiger partial charge on any atom is 0.326 e. The van der Waals surface area contributed by atoms with E-state index in [9.17, 15) is 14.4 Å². The first-order valence-electron chi connectivity index (χ1n) is 5.88. The van der Waals surface area contributed by atoms with Gasteiger partial charge in [0.05, 0.1) is 6.10 Å². The summed E-state index contributed by atoms with van der Waals surface area (Å²) in [5.74, 6) is -2.40. The fraction of sp³-hybridized carbons (Fsp3) is 0.727. The average molecular weight is 276 g/mol. The number of hydrogen-bond donors (Lipinski definition) is 4. The van der Waals surface area contributed by atoms with Crippen LogP contribution in [0, 0.1) is 0 Å². The highest BCUT2D eigenvalue weighted by Gasteiger charge is 2.22. The van der Waals surface area contributed by atoms with E-state index in [1.54, 1.807) is 6.92 Å². The van der Waals surface area contributed by atoms with Crippen molar-refractivity contribution in [1.29, 1.82) is 0 Å². The van der Waals surface area contributed by atoms with Gasteiger partial charge in [0.25, 0.3) is 0 Å². The number of nitrogens with one attached hydrogen (secondary N) is 1. The highest BCUT2D eigenvalue weighted by molar-refractivity contribution is 5.82. The van der Waals surface area contributed by atoms with E-state index in [0.717, 1.165) is 0 Å². The molecule has 1 unspecified atom stereocenters. The first-order valence-corrected chi connectivity index (χ1v) is 5.88. The van der Waals surface area contributed by atoms with E-state index in [4.69, 9.17) is 15.3 Å². The summed E-state index contributed by atoms with van der Waals surface area (Å²) in [7, 11) is 1.47. The van der Waals surface area contributed by atoms with Crippen LogP contribution in [-0.2, 0) is 9.59 Å². The molecule has 0 aliphatic heterocycles. The van der Waals surface area contributed by atoms with E-state index in [1.807, 2.05) is 0 Å². The van der Waals surface area contributed by atoms with Crippen LogP contribution in [0.2, 0.25) is 0 Å². The van der Waals surface area contributed by atoms with E-state index in [0.29, 0.717) is 6.42 Å². The minimum Gasteiger partial charge on any atom is -0.481 e. The summed E-state index contributed by atoms with van der Waals surface area (Å²) in [5, 5.41) is 28.7. The van der Waals surface area contributed by atoms with Crippen molar-refractivity contribution >= 4 is 18.0 Å². The number of carboxylic acid groups (broad SMARTS) is 2. The molecular weight excluding hydrogens is 256 g/mol. The van der Waals surface area contributed by atoms with Crippen LogP contribution in [-0.4, -0.2) is 63.9 Å². The Hall–Kier alpha value is -1.83. The Labute approximate surface area is 111 Å². The van der Waals surface area contributed by atoms with Gasteiger partial charge in [0, 0.05) is 20.0 Å². The Morgan fingerprint density at radius 3 is 2.21 bits per heavy atom. The Bertz CT molecular complexity index is 331. The smallest absolute Gasteiger partial charge is 0.326 e. The molecule has 2 amide bonds. The molecule has 19 heavy (non-hydrogen) atoms. The molecule has 4 N–H and O–H groups in total. The van der Waals surface area contributed by atoms with Gasteiger partial charge >= 0.3 is 18.0 Å². The highest BCUT2D eigenvalue weighted by atomic mass is 16.4. The number of rotatable bonds is 8. The van der Waals surface area contributed by atoms with Crippen LogP contribution in [0.3, 0.4) is 0 Å². The van der Waals surface area contributed by atoms with E-state index < -0.39 is 30.1 Å². The quantitative estimate of drug-likeness (QED) is 0.482. The van der Waals surface area contributed by atoms with Gasteiger partial charge < -0.3 is 25.5 Å². The van der Waals surface area contributed by atoms with Crippen molar-refractivity contribution in [2.75, 3.05) is 13.6 Å². The van der Waals surface area contributed by atoms with Crippen LogP contribution in [0.15, 0.2) is 0 Å². The summed E-state index contributed by atoms with van der Waals surface area (Å²) in [6, 6.07) is -1.85. The van der Waals surface area contributed by atoms with Crippen LogP contribution < -0.4 is 5.32 Å². The van der Waals surface area contributed by atoms with Gasteiger partial charge in [0.1, 0.15) is 6.04 Å². The maximum absolute atomic E-state index is 11.6. The molecule has 0 radical (unpaired) electrons. The molecule has 0 heterocycles. The molecule has 0 saturated carbocycles. The van der Waals surface area contributed by atoms with E-state index in [1.165, 1.54) is 11.9 Å². The number of urea groups is 1. The molecule has 0 spiro atoms. The molecule has 2 atom stereocenters. The lowest BCUT2D eigenvalue weighted by Crippen LogP contribution is -2.47. The first kappa shape index (κ1) is 17.2. The van der Waals surface area contributed by atoms with Gasteiger partial charge in [0.2, 0.25) is 0 Å². The second kappa shape index (κ2) is 8.30. The van der Waals surface area contributed by atoms with Gasteiger partial charge in [-0.05, 0) is 19.8 Å². The zero-order valence-corrected chi connectivity index (χ0v) is 11.0. The largest absolute Gasteiger partial charge is 0.481 e. The van der Waals surface area contributed by atoms with Crippen molar-refractivity contribution in [3.8, 4) is 0 Å². The normalized spacial score (nSPS) is 13.4. The molecule has 0 rings (SSSR count). The highest BCUT2D eigenvalue weighted by Crippen LogP contribution is 2.00. The maximum atomic E-state index is 11.6. The summed E-state index contributed by atoms with van der Waals surface area (Å²) in [4.78, 5) is 34.1. The first-order chi connectivity index (χ1) is 8.73. The average Bonchev–Trinajstić information content (AvgIpc) is 2.30. The lowest BCUT2D eigenvalue weighted by Gasteiger charge is -2.21. The number of aliphatic hydroxyl groups excluding tert-OH is 1. The van der Waals surface area contributed by atoms with Crippen molar-refractivity contribution in [3.05, 3.63) is 0 Å². The van der Waals surface area contributed by atoms with Crippen molar-refractivity contribution in [2.24, 2.45) is 0 Å². The van der Waals surface area contributed by atoms with Crippen LogP contribution in [0.1, 0.15) is 26.2 Å². The number of aliphatic hydroxyl groups is 1. The molecule has 0 aliphatic carbocycles. The van der Waals surface area contributed by atoms with Gasteiger partial charge in [0.15, 0.2) is 0 Å². The summed E-state index contributed by atoms with van der Waals surface area (Å²) in [5.41, 5.74) is 0. The molecule has 110 valence electrons. The second-order valence-electron chi connectivity index (χ2n) is 4.33. The van der Waals surface area contributed by atoms with Crippen molar-refractivity contribution in [3.63, 3.8) is 0 Å². The molecular formula is C11H20N2O6. The number of nitrogens with zero attached hydrogens (tertiary/aromatic N) is 1. The van der Waals surface area contributed by atoms with Crippen LogP contribution in [0.4, 0.5) is 4.79 Å². The number of hydrogen-bond acceptors (Lipinski definition) is 4. The van der Waals surface area contributed by atoms with Crippen LogP contribution in [0.5, 0.6) is 0 Å². The summed E-state index contributed by atoms with van der Waals surface area (Å²) in [6.45, 7) is 1.85. The van der Waals surface area contributed by atoms with E-state index in [2.05, 4.69) is 5.32 Å². The van der Waals surface area contributed by atoms with Gasteiger partial charge in [-0.3, -0.25) is 4.79 Å². The summed E-state index contributed by atoms with van der Waals surface area (Å²) in [6.07, 6.45) is -0.705. The monoisotopic (exact) mass is 276 g/mol. The molecule has 8 nitrogen and oxygen atoms in total. The molecule has 0 saturated heterocycles. The fourth-order valence-corrected chi connectivity index (χ4v) is 1.27. The number of carbonyl (C=O) groups excluding carboxylic acids is 1. The topological polar surface area (TPSA) is 127 Å². The Morgan fingerprint density at radius 1 is 1.21 bits per heavy atom. The van der Waals surface area contributed by atoms with Gasteiger partial charge in [-0.1, -0.05) is 0 Å². The predicted octanol–water partition coefficient (Wildman–Crippen LogP) is -0.283. The molecule has 0 aromatic rings. The molecule has 0 fully saturated rings. The molecule has 0 bridgehead atoms. The second-order valence-corrected chi connectivity index (χ2v) is 4.33. The third-order valence-corrected chi connectivity index (χ3v) is 2.47. The van der Waals surface area contributed by atoms with Gasteiger partial charge in [-0.15, -0.1) is 0 Å². The third kappa shape index (κ3) is 7.98. The van der Waals surface area contributed by atoms with E-state index >= 15 is 0 Å². The molecule has 0 aromatic carbocycles. The lowest BCUT2D eigenvalue weighted by molar-refractivity contribution is -0.140. The SMILES string of the molecule is CC(O)CCN(C)C(=O)N[C@@H](CCC(=O)O)C(=O)O. The van der Waals surface area contributed by atoms with Crippen molar-refractivity contribution < 1.29 is 29.7 Å². The zero-order chi connectivity index (χ0) is 15.0. The molecule has 8 heteroatoms. The van der Waals surface area contributed by atoms with E-state index in [-0.39, 0.29) is 19.4 Å². The number of amides is 2. The number of carbonyl (C=O) groups is 3. The standard InChI is InChI=1S/C11H20N2O6/c1-7(14)5-6-13(2)11(19)12-8(10(17)18)3-4-9(15)16/h7-8,14H,3-6H2,1-2H3,(H,12,19)(H,15,16)(H,17,18)/t7?,8-/m0/s1. The lowest BCUT2D eigenvalue weighted by atomic mass is 10.1. The molecule has 0 aromatic heterocycles. The zero-order valence-electron chi connectivity index (χ0n) is 11.0. The Balaban J connectivity index is 4.29. The predicted molar refractivity (Wildman–Crippen MR) is 65.8 cm³/mol. The third-order valence-electron chi connectivity index (χ3n) is 2.47. The van der Waals surface area contributed by atoms with Crippen LogP contribution >= 0.6 is 0 Å².